The topological polar surface area (TPSA) is 75.4 Å². The van der Waals surface area contributed by atoms with Crippen LogP contribution in [0, 0.1) is 23.7 Å². The van der Waals surface area contributed by atoms with Crippen LogP contribution >= 0.6 is 0 Å². The lowest BCUT2D eigenvalue weighted by Crippen LogP contribution is -2.59. The quantitative estimate of drug-likeness (QED) is 0.653. The number of nitrogens with zero attached hydrogens (tertiary/aromatic N) is 3. The number of carboxylic acids is 1. The first kappa shape index (κ1) is 22.0. The second kappa shape index (κ2) is 8.43. The molecule has 0 radical (unpaired) electrons. The van der Waals surface area contributed by atoms with Crippen LogP contribution in [0.5, 0.6) is 0 Å². The second-order valence-electron chi connectivity index (χ2n) is 12.4. The maximum absolute atomic E-state index is 13.4. The molecular weight excluding hydrogens is 438 g/mol. The van der Waals surface area contributed by atoms with Gasteiger partial charge in [-0.05, 0) is 106 Å². The number of piperidine rings is 2. The molecule has 7 atom stereocenters. The molecule has 35 heavy (non-hydrogen) atoms. The lowest BCUT2D eigenvalue weighted by Gasteiger charge is -2.56. The van der Waals surface area contributed by atoms with Gasteiger partial charge in [-0.3, -0.25) is 9.69 Å². The predicted octanol–water partition coefficient (Wildman–Crippen LogP) is 5.26. The first-order chi connectivity index (χ1) is 17.0. The highest BCUT2D eigenvalue weighted by Crippen LogP contribution is 2.53. The number of rotatable bonds is 4. The fourth-order valence-corrected chi connectivity index (χ4v) is 8.91. The van der Waals surface area contributed by atoms with E-state index in [1.165, 1.54) is 64.2 Å². The SMILES string of the molecule is O=C(O)c1nc2ccccc2n([C@H]2C[C@H]3CCC[C@@H](C2)N3[C@@H]2C[C@@H]3C[C@@H](C[C@@H](C4CC4)C3)C2)c1=O. The number of benzene rings is 1. The Morgan fingerprint density at radius 3 is 2.14 bits per heavy atom. The summed E-state index contributed by atoms with van der Waals surface area (Å²) < 4.78 is 1.80. The van der Waals surface area contributed by atoms with Crippen molar-refractivity contribution < 1.29 is 9.90 Å². The number of para-hydroxylation sites is 2. The van der Waals surface area contributed by atoms with E-state index in [0.717, 1.165) is 42.0 Å². The van der Waals surface area contributed by atoms with Gasteiger partial charge >= 0.3 is 5.97 Å². The predicted molar refractivity (Wildman–Crippen MR) is 135 cm³/mol. The Morgan fingerprint density at radius 2 is 1.49 bits per heavy atom. The molecule has 1 aromatic heterocycles. The van der Waals surface area contributed by atoms with Crippen LogP contribution in [-0.4, -0.2) is 43.7 Å². The molecule has 0 unspecified atom stereocenters. The summed E-state index contributed by atoms with van der Waals surface area (Å²) in [6, 6.07) is 9.29. The molecule has 1 N–H and O–H groups in total. The van der Waals surface area contributed by atoms with Crippen molar-refractivity contribution in [2.45, 2.75) is 101 Å². The number of aromatic carboxylic acids is 1. The number of carbonyl (C=O) groups is 1. The summed E-state index contributed by atoms with van der Waals surface area (Å²) in [7, 11) is 0. The van der Waals surface area contributed by atoms with Crippen molar-refractivity contribution in [1.82, 2.24) is 14.5 Å². The van der Waals surface area contributed by atoms with Crippen molar-refractivity contribution in [3.63, 3.8) is 0 Å². The standard InChI is InChI=1S/C29H37N3O3/c33-28-27(29(34)35)30-25-6-1-2-7-26(25)32(28)24-15-21-4-3-5-22(16-24)31(21)23-13-17-10-18(14-23)12-20(11-17)19-8-9-19/h1-2,6-7,17-24H,3-5,8-16H2,(H,34,35)/t17-,18+,20+,21-,22+,23-,24+. The van der Waals surface area contributed by atoms with Crippen LogP contribution < -0.4 is 5.56 Å². The highest BCUT2D eigenvalue weighted by molar-refractivity contribution is 5.88. The summed E-state index contributed by atoms with van der Waals surface area (Å²) >= 11 is 0. The third-order valence-corrected chi connectivity index (χ3v) is 10.2. The van der Waals surface area contributed by atoms with Crippen molar-refractivity contribution in [2.75, 3.05) is 0 Å². The van der Waals surface area contributed by atoms with Gasteiger partial charge in [-0.15, -0.1) is 0 Å². The van der Waals surface area contributed by atoms with Crippen LogP contribution in [0.15, 0.2) is 29.1 Å². The van der Waals surface area contributed by atoms with Gasteiger partial charge in [-0.1, -0.05) is 18.6 Å². The minimum atomic E-state index is -1.23. The summed E-state index contributed by atoms with van der Waals surface area (Å²) in [5.41, 5.74) is 0.590. The summed E-state index contributed by atoms with van der Waals surface area (Å²) in [5.74, 6) is 2.67. The van der Waals surface area contributed by atoms with Crippen LogP contribution in [0.1, 0.15) is 93.6 Å². The normalized spacial score (nSPS) is 37.3. The summed E-state index contributed by atoms with van der Waals surface area (Å²) in [5, 5.41) is 9.67. The van der Waals surface area contributed by atoms with E-state index in [0.29, 0.717) is 23.6 Å². The van der Waals surface area contributed by atoms with Crippen molar-refractivity contribution in [3.8, 4) is 0 Å². The summed E-state index contributed by atoms with van der Waals surface area (Å²) in [6.45, 7) is 0. The van der Waals surface area contributed by atoms with Gasteiger partial charge in [0.25, 0.3) is 5.56 Å². The maximum atomic E-state index is 13.4. The monoisotopic (exact) mass is 475 g/mol. The Kier molecular flexibility index (Phi) is 5.30. The Balaban J connectivity index is 1.17. The van der Waals surface area contributed by atoms with E-state index in [4.69, 9.17) is 0 Å². The van der Waals surface area contributed by atoms with E-state index in [-0.39, 0.29) is 11.7 Å². The highest BCUT2D eigenvalue weighted by Gasteiger charge is 2.47. The van der Waals surface area contributed by atoms with E-state index in [1.807, 2.05) is 24.3 Å². The van der Waals surface area contributed by atoms with E-state index in [2.05, 4.69) is 9.88 Å². The molecular formula is C29H37N3O3. The van der Waals surface area contributed by atoms with Crippen LogP contribution in [-0.2, 0) is 0 Å². The molecule has 3 aliphatic carbocycles. The number of hydrogen-bond donors (Lipinski definition) is 1. The number of hydrogen-bond acceptors (Lipinski definition) is 4. The van der Waals surface area contributed by atoms with Crippen molar-refractivity contribution >= 4 is 17.0 Å². The second-order valence-corrected chi connectivity index (χ2v) is 12.4. The fraction of sp³-hybridized carbons (Fsp3) is 0.690. The molecule has 1 aromatic carbocycles. The average molecular weight is 476 g/mol. The lowest BCUT2D eigenvalue weighted by molar-refractivity contribution is -0.0543. The molecule has 6 heteroatoms. The highest BCUT2D eigenvalue weighted by atomic mass is 16.4. The van der Waals surface area contributed by atoms with E-state index in [1.54, 1.807) is 4.57 Å². The van der Waals surface area contributed by atoms with Crippen LogP contribution in [0.25, 0.3) is 11.0 Å². The number of fused-ring (bicyclic) bond motifs is 5. The Labute approximate surface area is 206 Å². The molecule has 5 fully saturated rings. The zero-order valence-electron chi connectivity index (χ0n) is 20.5. The van der Waals surface area contributed by atoms with Crippen LogP contribution in [0.3, 0.4) is 0 Å². The van der Waals surface area contributed by atoms with Gasteiger partial charge < -0.3 is 9.67 Å². The molecule has 0 spiro atoms. The molecule has 4 bridgehead atoms. The molecule has 7 rings (SSSR count). The van der Waals surface area contributed by atoms with E-state index < -0.39 is 11.5 Å². The van der Waals surface area contributed by atoms with Gasteiger partial charge in [-0.2, -0.15) is 0 Å². The van der Waals surface area contributed by atoms with Gasteiger partial charge in [0.05, 0.1) is 11.0 Å². The van der Waals surface area contributed by atoms with Crippen molar-refractivity contribution in [3.05, 3.63) is 40.3 Å². The average Bonchev–Trinajstić information content (AvgIpc) is 3.68. The molecule has 2 saturated heterocycles. The molecule has 186 valence electrons. The largest absolute Gasteiger partial charge is 0.476 e. The Hall–Kier alpha value is -2.21. The fourth-order valence-electron chi connectivity index (χ4n) is 8.91. The molecule has 2 aliphatic heterocycles. The van der Waals surface area contributed by atoms with E-state index >= 15 is 0 Å². The van der Waals surface area contributed by atoms with Crippen LogP contribution in [0.4, 0.5) is 0 Å². The first-order valence-corrected chi connectivity index (χ1v) is 14.1. The molecule has 3 saturated carbocycles. The third kappa shape index (κ3) is 3.83. The zero-order valence-corrected chi connectivity index (χ0v) is 20.5. The Bertz CT molecular complexity index is 1180. The summed E-state index contributed by atoms with van der Waals surface area (Å²) in [6.07, 6.45) is 15.7. The molecule has 0 amide bonds. The van der Waals surface area contributed by atoms with Gasteiger partial charge in [0.2, 0.25) is 5.69 Å². The van der Waals surface area contributed by atoms with Gasteiger partial charge in [0, 0.05) is 24.2 Å². The van der Waals surface area contributed by atoms with Crippen molar-refractivity contribution in [2.24, 2.45) is 23.7 Å². The first-order valence-electron chi connectivity index (χ1n) is 14.1. The molecule has 3 heterocycles. The van der Waals surface area contributed by atoms with Crippen molar-refractivity contribution in [1.29, 1.82) is 0 Å². The molecule has 5 aliphatic rings. The number of aromatic nitrogens is 2. The minimum Gasteiger partial charge on any atom is -0.476 e. The van der Waals surface area contributed by atoms with E-state index in [9.17, 15) is 14.7 Å². The molecule has 2 aromatic rings. The third-order valence-electron chi connectivity index (χ3n) is 10.2. The minimum absolute atomic E-state index is 0.0439. The maximum Gasteiger partial charge on any atom is 0.360 e. The zero-order chi connectivity index (χ0) is 23.7. The van der Waals surface area contributed by atoms with Gasteiger partial charge in [0.15, 0.2) is 0 Å². The Morgan fingerprint density at radius 1 is 0.800 bits per heavy atom. The number of carboxylic acid groups (broad SMARTS) is 1. The lowest BCUT2D eigenvalue weighted by atomic mass is 9.64. The smallest absolute Gasteiger partial charge is 0.360 e. The van der Waals surface area contributed by atoms with Gasteiger partial charge in [-0.25, -0.2) is 9.78 Å². The van der Waals surface area contributed by atoms with Gasteiger partial charge in [0.1, 0.15) is 0 Å². The summed E-state index contributed by atoms with van der Waals surface area (Å²) in [4.78, 5) is 32.3. The molecule has 6 nitrogen and oxygen atoms in total. The van der Waals surface area contributed by atoms with Crippen LogP contribution in [0.2, 0.25) is 0 Å².